The molecule has 2 aliphatic rings. The number of aliphatic carboxylic acids is 1. The Labute approximate surface area is 116 Å². The molecule has 0 heterocycles. The summed E-state index contributed by atoms with van der Waals surface area (Å²) in [6.45, 7) is 4.35. The summed E-state index contributed by atoms with van der Waals surface area (Å²) in [4.78, 5) is 11.8. The molecule has 0 saturated heterocycles. The molecule has 4 unspecified atom stereocenters. The molecule has 0 aromatic carbocycles. The van der Waals surface area contributed by atoms with Crippen LogP contribution in [0.1, 0.15) is 65.2 Å². The van der Waals surface area contributed by atoms with E-state index in [4.69, 9.17) is 0 Å². The third-order valence-electron chi connectivity index (χ3n) is 5.57. The van der Waals surface area contributed by atoms with Crippen molar-refractivity contribution in [3.8, 4) is 0 Å². The molecule has 3 heteroatoms. The highest BCUT2D eigenvalue weighted by atomic mass is 16.4. The smallest absolute Gasteiger partial charge is 0.336 e. The zero-order chi connectivity index (χ0) is 14.0. The fraction of sp³-hybridized carbons (Fsp3) is 0.938. The van der Waals surface area contributed by atoms with Gasteiger partial charge in [-0.15, -0.1) is 0 Å². The molecule has 0 aromatic rings. The van der Waals surface area contributed by atoms with E-state index < -0.39 is 11.6 Å². The molecule has 2 N–H and O–H groups in total. The van der Waals surface area contributed by atoms with Crippen molar-refractivity contribution >= 4 is 5.97 Å². The van der Waals surface area contributed by atoms with Crippen molar-refractivity contribution in [2.75, 3.05) is 0 Å². The fourth-order valence-electron chi connectivity index (χ4n) is 4.50. The summed E-state index contributed by atoms with van der Waals surface area (Å²) in [6, 6.07) is 0. The lowest BCUT2D eigenvalue weighted by Crippen LogP contribution is -2.55. The van der Waals surface area contributed by atoms with E-state index in [0.717, 1.165) is 44.9 Å². The van der Waals surface area contributed by atoms with Gasteiger partial charge in [0.25, 0.3) is 0 Å². The highest BCUT2D eigenvalue weighted by Crippen LogP contribution is 2.46. The van der Waals surface area contributed by atoms with Crippen LogP contribution in [0.2, 0.25) is 0 Å². The monoisotopic (exact) mass is 268 g/mol. The van der Waals surface area contributed by atoms with Gasteiger partial charge in [0.05, 0.1) is 0 Å². The number of hydrogen-bond acceptors (Lipinski definition) is 2. The first-order valence-electron chi connectivity index (χ1n) is 7.92. The van der Waals surface area contributed by atoms with Gasteiger partial charge in [-0.05, 0) is 43.4 Å². The van der Waals surface area contributed by atoms with Crippen LogP contribution in [0.4, 0.5) is 0 Å². The van der Waals surface area contributed by atoms with Crippen LogP contribution < -0.4 is 0 Å². The molecule has 2 fully saturated rings. The molecule has 0 bridgehead atoms. The van der Waals surface area contributed by atoms with E-state index in [2.05, 4.69) is 13.8 Å². The second-order valence-corrected chi connectivity index (χ2v) is 6.97. The van der Waals surface area contributed by atoms with Crippen LogP contribution in [0.15, 0.2) is 0 Å². The topological polar surface area (TPSA) is 57.5 Å². The summed E-state index contributed by atoms with van der Waals surface area (Å²) in [5.74, 6) is -0.114. The van der Waals surface area contributed by atoms with Crippen LogP contribution in [0.5, 0.6) is 0 Å². The van der Waals surface area contributed by atoms with Crippen LogP contribution in [-0.2, 0) is 4.79 Å². The Balaban J connectivity index is 2.20. The van der Waals surface area contributed by atoms with Crippen LogP contribution >= 0.6 is 0 Å². The Kier molecular flexibility index (Phi) is 4.54. The van der Waals surface area contributed by atoms with Gasteiger partial charge in [0.15, 0.2) is 5.60 Å². The van der Waals surface area contributed by atoms with Gasteiger partial charge in [-0.2, -0.15) is 0 Å². The first kappa shape index (κ1) is 14.8. The Bertz CT molecular complexity index is 322. The fourth-order valence-corrected chi connectivity index (χ4v) is 4.50. The first-order chi connectivity index (χ1) is 8.96. The lowest BCUT2D eigenvalue weighted by molar-refractivity contribution is -0.182. The molecular weight excluding hydrogens is 240 g/mol. The largest absolute Gasteiger partial charge is 0.479 e. The minimum atomic E-state index is -1.49. The molecule has 3 nitrogen and oxygen atoms in total. The molecule has 0 aliphatic heterocycles. The summed E-state index contributed by atoms with van der Waals surface area (Å²) < 4.78 is 0. The van der Waals surface area contributed by atoms with E-state index in [9.17, 15) is 15.0 Å². The zero-order valence-corrected chi connectivity index (χ0v) is 12.3. The van der Waals surface area contributed by atoms with Crippen molar-refractivity contribution < 1.29 is 15.0 Å². The molecular formula is C16H28O3. The van der Waals surface area contributed by atoms with E-state index in [0.29, 0.717) is 11.8 Å². The molecule has 2 aliphatic carbocycles. The van der Waals surface area contributed by atoms with E-state index in [-0.39, 0.29) is 11.8 Å². The van der Waals surface area contributed by atoms with Crippen molar-refractivity contribution in [1.29, 1.82) is 0 Å². The van der Waals surface area contributed by atoms with E-state index in [1.165, 1.54) is 6.42 Å². The van der Waals surface area contributed by atoms with Gasteiger partial charge >= 0.3 is 5.97 Å². The zero-order valence-electron chi connectivity index (χ0n) is 12.3. The molecule has 0 radical (unpaired) electrons. The summed E-state index contributed by atoms with van der Waals surface area (Å²) >= 11 is 0. The highest BCUT2D eigenvalue weighted by molar-refractivity contribution is 5.78. The van der Waals surface area contributed by atoms with Gasteiger partial charge in [0, 0.05) is 5.92 Å². The maximum absolute atomic E-state index is 11.8. The Morgan fingerprint density at radius 2 is 1.68 bits per heavy atom. The number of aliphatic hydroxyl groups is 1. The Morgan fingerprint density at radius 3 is 2.21 bits per heavy atom. The number of carboxylic acid groups (broad SMARTS) is 1. The van der Waals surface area contributed by atoms with E-state index in [1.807, 2.05) is 0 Å². The molecule has 4 atom stereocenters. The van der Waals surface area contributed by atoms with Crippen molar-refractivity contribution in [1.82, 2.24) is 0 Å². The quantitative estimate of drug-likeness (QED) is 0.824. The first-order valence-corrected chi connectivity index (χ1v) is 7.92. The molecule has 2 rings (SSSR count). The summed E-state index contributed by atoms with van der Waals surface area (Å²) in [6.07, 6.45) is 8.04. The van der Waals surface area contributed by atoms with Gasteiger partial charge in [0.1, 0.15) is 0 Å². The maximum Gasteiger partial charge on any atom is 0.336 e. The van der Waals surface area contributed by atoms with Crippen LogP contribution in [0.25, 0.3) is 0 Å². The Hall–Kier alpha value is -0.570. The van der Waals surface area contributed by atoms with E-state index >= 15 is 0 Å². The standard InChI is InChI=1S/C16H28O3/c1-11-8-9-14(12(2)10-11)16(19,15(17)18)13-6-4-3-5-7-13/h11-14,19H,3-10H2,1-2H3,(H,17,18). The molecule has 19 heavy (non-hydrogen) atoms. The summed E-state index contributed by atoms with van der Waals surface area (Å²) in [5.41, 5.74) is -1.49. The van der Waals surface area contributed by atoms with E-state index in [1.54, 1.807) is 0 Å². The van der Waals surface area contributed by atoms with Crippen molar-refractivity contribution in [3.05, 3.63) is 0 Å². The minimum Gasteiger partial charge on any atom is -0.479 e. The third-order valence-corrected chi connectivity index (χ3v) is 5.57. The van der Waals surface area contributed by atoms with Crippen molar-refractivity contribution in [3.63, 3.8) is 0 Å². The second kappa shape index (κ2) is 5.82. The minimum absolute atomic E-state index is 0.0420. The highest BCUT2D eigenvalue weighted by Gasteiger charge is 2.52. The molecule has 110 valence electrons. The lowest BCUT2D eigenvalue weighted by atomic mass is 9.61. The number of hydrogen-bond donors (Lipinski definition) is 2. The molecule has 2 saturated carbocycles. The van der Waals surface area contributed by atoms with Crippen LogP contribution in [0, 0.1) is 23.7 Å². The van der Waals surface area contributed by atoms with Gasteiger partial charge in [-0.1, -0.05) is 39.5 Å². The van der Waals surface area contributed by atoms with Gasteiger partial charge in [-0.25, -0.2) is 4.79 Å². The molecule has 0 amide bonds. The van der Waals surface area contributed by atoms with Crippen LogP contribution in [-0.4, -0.2) is 21.8 Å². The van der Waals surface area contributed by atoms with Gasteiger partial charge < -0.3 is 10.2 Å². The SMILES string of the molecule is CC1CCC(C(O)(C(=O)O)C2CCCCC2)C(C)C1. The summed E-state index contributed by atoms with van der Waals surface area (Å²) in [5, 5.41) is 20.7. The van der Waals surface area contributed by atoms with Crippen molar-refractivity contribution in [2.24, 2.45) is 23.7 Å². The number of rotatable bonds is 3. The average molecular weight is 268 g/mol. The number of carboxylic acids is 1. The molecule has 0 spiro atoms. The normalized spacial score (nSPS) is 36.7. The third kappa shape index (κ3) is 2.81. The average Bonchev–Trinajstić information content (AvgIpc) is 2.38. The molecule has 0 aromatic heterocycles. The van der Waals surface area contributed by atoms with Crippen LogP contribution in [0.3, 0.4) is 0 Å². The van der Waals surface area contributed by atoms with Gasteiger partial charge in [-0.3, -0.25) is 0 Å². The second-order valence-electron chi connectivity index (χ2n) is 6.97. The predicted octanol–water partition coefficient (Wildman–Crippen LogP) is 3.45. The van der Waals surface area contributed by atoms with Crippen molar-refractivity contribution in [2.45, 2.75) is 70.8 Å². The summed E-state index contributed by atoms with van der Waals surface area (Å²) in [7, 11) is 0. The Morgan fingerprint density at radius 1 is 1.05 bits per heavy atom. The van der Waals surface area contributed by atoms with Gasteiger partial charge in [0.2, 0.25) is 0 Å². The number of carbonyl (C=O) groups is 1. The maximum atomic E-state index is 11.8. The lowest BCUT2D eigenvalue weighted by Gasteiger charge is -2.46. The predicted molar refractivity (Wildman–Crippen MR) is 74.8 cm³/mol.